The minimum absolute atomic E-state index is 0.0672. The van der Waals surface area contributed by atoms with Crippen LogP contribution in [-0.4, -0.2) is 42.1 Å². The second kappa shape index (κ2) is 8.86. The number of nitrogens with one attached hydrogen (secondary N) is 1. The van der Waals surface area contributed by atoms with Gasteiger partial charge in [0.05, 0.1) is 42.8 Å². The molecule has 0 radical (unpaired) electrons. The Hall–Kier alpha value is -3.21. The molecule has 6 rings (SSSR count). The van der Waals surface area contributed by atoms with Crippen LogP contribution in [-0.2, 0) is 24.2 Å². The highest BCUT2D eigenvalue weighted by molar-refractivity contribution is 5.80. The van der Waals surface area contributed by atoms with E-state index in [1.165, 1.54) is 30.3 Å². The van der Waals surface area contributed by atoms with Crippen molar-refractivity contribution in [3.63, 3.8) is 0 Å². The molecule has 2 aromatic carbocycles. The lowest BCUT2D eigenvalue weighted by atomic mass is 9.96. The molecule has 1 unspecified atom stereocenters. The highest BCUT2D eigenvalue weighted by Crippen LogP contribution is 2.40. The van der Waals surface area contributed by atoms with Gasteiger partial charge < -0.3 is 15.0 Å². The predicted octanol–water partition coefficient (Wildman–Crippen LogP) is 3.99. The summed E-state index contributed by atoms with van der Waals surface area (Å²) in [5.74, 6) is 0.154. The Morgan fingerprint density at radius 3 is 2.82 bits per heavy atom. The molecule has 1 atom stereocenters. The third kappa shape index (κ3) is 4.20. The van der Waals surface area contributed by atoms with E-state index < -0.39 is 5.82 Å². The van der Waals surface area contributed by atoms with Crippen LogP contribution in [0.25, 0.3) is 11.1 Å². The molecule has 0 bridgehead atoms. The molecule has 2 fully saturated rings. The number of benzene rings is 2. The Morgan fingerprint density at radius 2 is 2.06 bits per heavy atom. The monoisotopic (exact) mass is 457 g/mol. The summed E-state index contributed by atoms with van der Waals surface area (Å²) in [5.41, 5.74) is 6.54. The number of ether oxygens (including phenoxy) is 1. The van der Waals surface area contributed by atoms with Crippen LogP contribution in [0.15, 0.2) is 42.5 Å². The lowest BCUT2D eigenvalue weighted by Crippen LogP contribution is -2.39. The zero-order valence-electron chi connectivity index (χ0n) is 19.1. The number of aromatic nitrogens is 2. The largest absolute Gasteiger partial charge is 0.375 e. The van der Waals surface area contributed by atoms with Crippen LogP contribution in [0.1, 0.15) is 41.3 Å². The Balaban J connectivity index is 1.34. The smallest absolute Gasteiger partial charge is 0.141 e. The van der Waals surface area contributed by atoms with Crippen LogP contribution >= 0.6 is 0 Å². The predicted molar refractivity (Wildman–Crippen MR) is 128 cm³/mol. The third-order valence-electron chi connectivity index (χ3n) is 7.08. The molecule has 0 amide bonds. The van der Waals surface area contributed by atoms with Crippen molar-refractivity contribution in [1.82, 2.24) is 15.1 Å². The van der Waals surface area contributed by atoms with Crippen molar-refractivity contribution in [2.75, 3.05) is 31.1 Å². The molecule has 3 heterocycles. The molecule has 1 aromatic heterocycles. The summed E-state index contributed by atoms with van der Waals surface area (Å²) in [6.07, 6.45) is 3.43. The molecular formula is C27H28FN5O. The number of anilines is 1. The number of fused-ring (bicyclic) bond motifs is 1. The topological polar surface area (TPSA) is 66.1 Å². The highest BCUT2D eigenvalue weighted by Gasteiger charge is 2.29. The SMILES string of the molecule is N#Cc1ccc(-c2cc(CC3CNCCO3)ccc2N2CCn3nc(C4CC4)cc3C2)cc1F. The van der Waals surface area contributed by atoms with Crippen LogP contribution in [0, 0.1) is 17.1 Å². The van der Waals surface area contributed by atoms with Crippen molar-refractivity contribution in [2.45, 2.75) is 44.4 Å². The number of halogens is 1. The maximum Gasteiger partial charge on any atom is 0.141 e. The van der Waals surface area contributed by atoms with Gasteiger partial charge in [0, 0.05) is 36.8 Å². The standard InChI is InChI=1S/C27H28FN5O/c28-25-13-20(4-5-21(25)15-29)24-12-18(11-23-16-30-7-10-34-23)1-6-27(24)32-8-9-33-22(17-32)14-26(31-33)19-2-3-19/h1,4-6,12-14,19,23,30H,2-3,7-11,16-17H2. The van der Waals surface area contributed by atoms with Gasteiger partial charge >= 0.3 is 0 Å². The Bertz CT molecular complexity index is 1250. The van der Waals surface area contributed by atoms with E-state index >= 15 is 0 Å². The van der Waals surface area contributed by atoms with E-state index in [1.807, 2.05) is 12.1 Å². The van der Waals surface area contributed by atoms with Crippen molar-refractivity contribution in [3.8, 4) is 17.2 Å². The molecule has 1 saturated heterocycles. The van der Waals surface area contributed by atoms with E-state index in [-0.39, 0.29) is 11.7 Å². The maximum atomic E-state index is 14.6. The zero-order valence-corrected chi connectivity index (χ0v) is 19.1. The van der Waals surface area contributed by atoms with Gasteiger partial charge in [-0.2, -0.15) is 10.4 Å². The van der Waals surface area contributed by atoms with E-state index in [1.54, 1.807) is 6.07 Å². The average molecular weight is 458 g/mol. The minimum Gasteiger partial charge on any atom is -0.375 e. The van der Waals surface area contributed by atoms with Crippen molar-refractivity contribution in [3.05, 3.63) is 70.8 Å². The van der Waals surface area contributed by atoms with Gasteiger partial charge in [-0.3, -0.25) is 4.68 Å². The average Bonchev–Trinajstić information content (AvgIpc) is 3.63. The Labute approximate surface area is 198 Å². The van der Waals surface area contributed by atoms with Gasteiger partial charge in [0.1, 0.15) is 11.9 Å². The first-order valence-corrected chi connectivity index (χ1v) is 12.1. The van der Waals surface area contributed by atoms with E-state index in [0.29, 0.717) is 5.92 Å². The Morgan fingerprint density at radius 1 is 1.15 bits per heavy atom. The summed E-state index contributed by atoms with van der Waals surface area (Å²) in [5, 5.41) is 17.4. The third-order valence-corrected chi connectivity index (χ3v) is 7.08. The molecule has 2 aliphatic heterocycles. The van der Waals surface area contributed by atoms with Gasteiger partial charge in [0.25, 0.3) is 0 Å². The number of morpholine rings is 1. The number of nitriles is 1. The molecule has 7 heteroatoms. The molecular weight excluding hydrogens is 429 g/mol. The first-order valence-electron chi connectivity index (χ1n) is 12.1. The van der Waals surface area contributed by atoms with Crippen LogP contribution in [0.5, 0.6) is 0 Å². The molecule has 34 heavy (non-hydrogen) atoms. The molecule has 3 aromatic rings. The minimum atomic E-state index is -0.484. The van der Waals surface area contributed by atoms with Gasteiger partial charge in [0.15, 0.2) is 0 Å². The summed E-state index contributed by atoms with van der Waals surface area (Å²) in [6, 6.07) is 15.6. The molecule has 0 spiro atoms. The van der Waals surface area contributed by atoms with Gasteiger partial charge in [0.2, 0.25) is 0 Å². The molecule has 3 aliphatic rings. The second-order valence-corrected chi connectivity index (χ2v) is 9.54. The van der Waals surface area contributed by atoms with Gasteiger partial charge in [-0.15, -0.1) is 0 Å². The van der Waals surface area contributed by atoms with Gasteiger partial charge in [-0.25, -0.2) is 4.39 Å². The van der Waals surface area contributed by atoms with Crippen molar-refractivity contribution < 1.29 is 9.13 Å². The van der Waals surface area contributed by atoms with Gasteiger partial charge in [-0.05, 0) is 60.7 Å². The van der Waals surface area contributed by atoms with Crippen molar-refractivity contribution >= 4 is 5.69 Å². The lowest BCUT2D eigenvalue weighted by molar-refractivity contribution is 0.0292. The molecule has 1 saturated carbocycles. The number of hydrogen-bond acceptors (Lipinski definition) is 5. The lowest BCUT2D eigenvalue weighted by Gasteiger charge is -2.32. The van der Waals surface area contributed by atoms with Crippen molar-refractivity contribution in [1.29, 1.82) is 5.26 Å². The second-order valence-electron chi connectivity index (χ2n) is 9.54. The van der Waals surface area contributed by atoms with E-state index in [9.17, 15) is 9.65 Å². The number of rotatable bonds is 5. The number of nitrogens with zero attached hydrogens (tertiary/aromatic N) is 4. The van der Waals surface area contributed by atoms with E-state index in [0.717, 1.165) is 68.1 Å². The van der Waals surface area contributed by atoms with Crippen LogP contribution in [0.3, 0.4) is 0 Å². The van der Waals surface area contributed by atoms with Crippen LogP contribution in [0.4, 0.5) is 10.1 Å². The van der Waals surface area contributed by atoms with Crippen molar-refractivity contribution in [2.24, 2.45) is 0 Å². The fourth-order valence-corrected chi connectivity index (χ4v) is 5.08. The van der Waals surface area contributed by atoms with E-state index in [4.69, 9.17) is 9.84 Å². The van der Waals surface area contributed by atoms with Crippen LogP contribution < -0.4 is 10.2 Å². The first-order chi connectivity index (χ1) is 16.7. The first kappa shape index (κ1) is 21.3. The Kier molecular flexibility index (Phi) is 5.56. The molecule has 174 valence electrons. The molecule has 6 nitrogen and oxygen atoms in total. The quantitative estimate of drug-likeness (QED) is 0.628. The summed E-state index contributed by atoms with van der Waals surface area (Å²) < 4.78 is 22.6. The normalized spacial score (nSPS) is 20.1. The van der Waals surface area contributed by atoms with Gasteiger partial charge in [-0.1, -0.05) is 12.1 Å². The maximum absolute atomic E-state index is 14.6. The summed E-state index contributed by atoms with van der Waals surface area (Å²) in [4.78, 5) is 2.36. The molecule has 1 aliphatic carbocycles. The fraction of sp³-hybridized carbons (Fsp3) is 0.407. The fourth-order valence-electron chi connectivity index (χ4n) is 5.08. The molecule has 1 N–H and O–H groups in total. The number of hydrogen-bond donors (Lipinski definition) is 1. The summed E-state index contributed by atoms with van der Waals surface area (Å²) >= 11 is 0. The zero-order chi connectivity index (χ0) is 23.1. The summed E-state index contributed by atoms with van der Waals surface area (Å²) in [7, 11) is 0. The highest BCUT2D eigenvalue weighted by atomic mass is 19.1. The van der Waals surface area contributed by atoms with E-state index in [2.05, 4.69) is 39.2 Å². The summed E-state index contributed by atoms with van der Waals surface area (Å²) in [6.45, 7) is 4.91. The van der Waals surface area contributed by atoms with Crippen LogP contribution in [0.2, 0.25) is 0 Å².